The van der Waals surface area contributed by atoms with Crippen LogP contribution in [0.2, 0.25) is 0 Å². The van der Waals surface area contributed by atoms with Crippen molar-refractivity contribution in [2.45, 2.75) is 57.1 Å². The monoisotopic (exact) mass is 350 g/mol. The molecule has 1 aromatic rings. The minimum atomic E-state index is -0.00419. The van der Waals surface area contributed by atoms with Gasteiger partial charge in [-0.2, -0.15) is 11.3 Å². The standard InChI is InChI=1S/C18H26N2O3S/c21-17(5-4-16-3-1-2-11-23-16)20-9-6-15(7-10-20)19-18(22)14-8-12-24-13-14/h8,12-13,15-16H,1-7,9-11H2,(H,19,22)/t16-/m1/s1. The van der Waals surface area contributed by atoms with E-state index in [4.69, 9.17) is 4.74 Å². The molecule has 0 saturated carbocycles. The van der Waals surface area contributed by atoms with E-state index in [2.05, 4.69) is 5.32 Å². The van der Waals surface area contributed by atoms with Crippen LogP contribution in [0.5, 0.6) is 0 Å². The maximum atomic E-state index is 12.3. The van der Waals surface area contributed by atoms with E-state index in [-0.39, 0.29) is 24.0 Å². The summed E-state index contributed by atoms with van der Waals surface area (Å²) in [6.45, 7) is 2.31. The fourth-order valence-electron chi connectivity index (χ4n) is 3.41. The number of rotatable bonds is 5. The predicted molar refractivity (Wildman–Crippen MR) is 94.2 cm³/mol. The smallest absolute Gasteiger partial charge is 0.252 e. The fraction of sp³-hybridized carbons (Fsp3) is 0.667. The maximum Gasteiger partial charge on any atom is 0.252 e. The van der Waals surface area contributed by atoms with Gasteiger partial charge >= 0.3 is 0 Å². The van der Waals surface area contributed by atoms with Crippen LogP contribution in [0.3, 0.4) is 0 Å². The van der Waals surface area contributed by atoms with Crippen LogP contribution in [0.25, 0.3) is 0 Å². The van der Waals surface area contributed by atoms with Crippen LogP contribution in [0.4, 0.5) is 0 Å². The number of nitrogens with zero attached hydrogens (tertiary/aromatic N) is 1. The molecule has 2 fully saturated rings. The molecule has 2 amide bonds. The van der Waals surface area contributed by atoms with Gasteiger partial charge in [-0.15, -0.1) is 0 Å². The Kier molecular flexibility index (Phi) is 6.26. The number of piperidine rings is 1. The van der Waals surface area contributed by atoms with E-state index in [1.54, 1.807) is 0 Å². The molecule has 2 aliphatic rings. The zero-order valence-corrected chi connectivity index (χ0v) is 14.9. The molecule has 3 rings (SSSR count). The Labute approximate surface area is 147 Å². The highest BCUT2D eigenvalue weighted by Gasteiger charge is 2.25. The third-order valence-electron chi connectivity index (χ3n) is 4.92. The molecule has 0 bridgehead atoms. The van der Waals surface area contributed by atoms with Crippen molar-refractivity contribution in [1.82, 2.24) is 10.2 Å². The van der Waals surface area contributed by atoms with Crippen LogP contribution in [0.1, 0.15) is 55.3 Å². The van der Waals surface area contributed by atoms with E-state index in [9.17, 15) is 9.59 Å². The summed E-state index contributed by atoms with van der Waals surface area (Å²) >= 11 is 1.53. The number of carbonyl (C=O) groups is 2. The number of amides is 2. The van der Waals surface area contributed by atoms with Crippen molar-refractivity contribution in [3.05, 3.63) is 22.4 Å². The molecule has 6 heteroatoms. The largest absolute Gasteiger partial charge is 0.378 e. The Morgan fingerprint density at radius 3 is 2.75 bits per heavy atom. The maximum absolute atomic E-state index is 12.3. The zero-order valence-electron chi connectivity index (χ0n) is 14.0. The summed E-state index contributed by atoms with van der Waals surface area (Å²) in [6.07, 6.45) is 6.81. The summed E-state index contributed by atoms with van der Waals surface area (Å²) in [6, 6.07) is 2.01. The van der Waals surface area contributed by atoms with Gasteiger partial charge in [-0.25, -0.2) is 0 Å². The number of hydrogen-bond acceptors (Lipinski definition) is 4. The second-order valence-electron chi connectivity index (χ2n) is 6.67. The lowest BCUT2D eigenvalue weighted by molar-refractivity contribution is -0.133. The average molecular weight is 350 g/mol. The Balaban J connectivity index is 1.36. The van der Waals surface area contributed by atoms with Crippen LogP contribution >= 0.6 is 11.3 Å². The third-order valence-corrected chi connectivity index (χ3v) is 5.60. The molecule has 0 unspecified atom stereocenters. The van der Waals surface area contributed by atoms with Gasteiger partial charge in [0.2, 0.25) is 5.91 Å². The van der Waals surface area contributed by atoms with E-state index in [0.717, 1.165) is 57.4 Å². The van der Waals surface area contributed by atoms with Crippen molar-refractivity contribution in [2.75, 3.05) is 19.7 Å². The van der Waals surface area contributed by atoms with Crippen LogP contribution in [-0.4, -0.2) is 48.6 Å². The van der Waals surface area contributed by atoms with Crippen molar-refractivity contribution in [3.8, 4) is 0 Å². The van der Waals surface area contributed by atoms with Crippen LogP contribution in [-0.2, 0) is 9.53 Å². The summed E-state index contributed by atoms with van der Waals surface area (Å²) in [5.74, 6) is 0.224. The average Bonchev–Trinajstić information content (AvgIpc) is 3.16. The minimum Gasteiger partial charge on any atom is -0.378 e. The first kappa shape index (κ1) is 17.4. The topological polar surface area (TPSA) is 58.6 Å². The summed E-state index contributed by atoms with van der Waals surface area (Å²) in [5.41, 5.74) is 0.728. The normalized spacial score (nSPS) is 22.3. The fourth-order valence-corrected chi connectivity index (χ4v) is 4.05. The molecular weight excluding hydrogens is 324 g/mol. The van der Waals surface area contributed by atoms with Gasteiger partial charge in [-0.3, -0.25) is 9.59 Å². The van der Waals surface area contributed by atoms with E-state index >= 15 is 0 Å². The van der Waals surface area contributed by atoms with Crippen molar-refractivity contribution in [2.24, 2.45) is 0 Å². The summed E-state index contributed by atoms with van der Waals surface area (Å²) in [5, 5.41) is 6.85. The van der Waals surface area contributed by atoms with Gasteiger partial charge in [0, 0.05) is 43.1 Å². The quantitative estimate of drug-likeness (QED) is 0.888. The molecule has 2 saturated heterocycles. The molecule has 0 spiro atoms. The highest BCUT2D eigenvalue weighted by molar-refractivity contribution is 7.08. The lowest BCUT2D eigenvalue weighted by Crippen LogP contribution is -2.46. The molecule has 5 nitrogen and oxygen atoms in total. The molecule has 0 aromatic carbocycles. The van der Waals surface area contributed by atoms with E-state index in [1.807, 2.05) is 21.7 Å². The number of ether oxygens (including phenoxy) is 1. The molecule has 1 atom stereocenters. The summed E-state index contributed by atoms with van der Waals surface area (Å²) in [4.78, 5) is 26.3. The van der Waals surface area contributed by atoms with E-state index in [1.165, 1.54) is 17.8 Å². The molecule has 2 aliphatic heterocycles. The minimum absolute atomic E-state index is 0.00419. The zero-order chi connectivity index (χ0) is 16.8. The number of nitrogens with one attached hydrogen (secondary N) is 1. The third kappa shape index (κ3) is 4.80. The first-order chi connectivity index (χ1) is 11.7. The van der Waals surface area contributed by atoms with Gasteiger partial charge in [-0.05, 0) is 50.0 Å². The van der Waals surface area contributed by atoms with Gasteiger partial charge in [0.25, 0.3) is 5.91 Å². The molecular formula is C18H26N2O3S. The second-order valence-corrected chi connectivity index (χ2v) is 7.45. The van der Waals surface area contributed by atoms with Crippen molar-refractivity contribution >= 4 is 23.2 Å². The van der Waals surface area contributed by atoms with Gasteiger partial charge < -0.3 is 15.0 Å². The van der Waals surface area contributed by atoms with Gasteiger partial charge in [-0.1, -0.05) is 0 Å². The highest BCUT2D eigenvalue weighted by atomic mass is 32.1. The number of thiophene rings is 1. The van der Waals surface area contributed by atoms with E-state index in [0.29, 0.717) is 6.42 Å². The lowest BCUT2D eigenvalue weighted by Gasteiger charge is -2.33. The Morgan fingerprint density at radius 2 is 2.08 bits per heavy atom. The van der Waals surface area contributed by atoms with Crippen molar-refractivity contribution in [1.29, 1.82) is 0 Å². The Hall–Kier alpha value is -1.40. The van der Waals surface area contributed by atoms with E-state index < -0.39 is 0 Å². The molecule has 3 heterocycles. The lowest BCUT2D eigenvalue weighted by atomic mass is 10.0. The van der Waals surface area contributed by atoms with Crippen LogP contribution in [0.15, 0.2) is 16.8 Å². The first-order valence-corrected chi connectivity index (χ1v) is 9.89. The number of carbonyl (C=O) groups excluding carboxylic acids is 2. The van der Waals surface area contributed by atoms with Gasteiger partial charge in [0.05, 0.1) is 6.10 Å². The van der Waals surface area contributed by atoms with Crippen molar-refractivity contribution in [3.63, 3.8) is 0 Å². The van der Waals surface area contributed by atoms with Gasteiger partial charge in [0.15, 0.2) is 0 Å². The number of hydrogen-bond donors (Lipinski definition) is 1. The molecule has 0 aliphatic carbocycles. The Morgan fingerprint density at radius 1 is 1.25 bits per heavy atom. The molecule has 132 valence electrons. The highest BCUT2D eigenvalue weighted by Crippen LogP contribution is 2.19. The van der Waals surface area contributed by atoms with Crippen LogP contribution < -0.4 is 5.32 Å². The summed E-state index contributed by atoms with van der Waals surface area (Å²) in [7, 11) is 0. The van der Waals surface area contributed by atoms with Crippen LogP contribution in [0, 0.1) is 0 Å². The first-order valence-electron chi connectivity index (χ1n) is 8.95. The van der Waals surface area contributed by atoms with Gasteiger partial charge in [0.1, 0.15) is 0 Å². The summed E-state index contributed by atoms with van der Waals surface area (Å²) < 4.78 is 5.69. The predicted octanol–water partition coefficient (Wildman–Crippen LogP) is 2.82. The molecule has 24 heavy (non-hydrogen) atoms. The Bertz CT molecular complexity index is 532. The SMILES string of the molecule is O=C(NC1CCN(C(=O)CC[C@H]2CCCCO2)CC1)c1ccsc1. The molecule has 1 N–H and O–H groups in total. The second kappa shape index (κ2) is 8.62. The molecule has 0 radical (unpaired) electrons. The molecule has 1 aromatic heterocycles. The van der Waals surface area contributed by atoms with Crippen molar-refractivity contribution < 1.29 is 14.3 Å². The number of likely N-dealkylation sites (tertiary alicyclic amines) is 1.